The van der Waals surface area contributed by atoms with Crippen LogP contribution in [0, 0.1) is 0 Å². The van der Waals surface area contributed by atoms with Crippen LogP contribution in [0.4, 0.5) is 0 Å². The van der Waals surface area contributed by atoms with Crippen molar-refractivity contribution in [3.8, 4) is 0 Å². The lowest BCUT2D eigenvalue weighted by Gasteiger charge is -2.18. The first-order chi connectivity index (χ1) is 33.0. The molecule has 0 aromatic heterocycles. The van der Waals surface area contributed by atoms with E-state index in [1.54, 1.807) is 0 Å². The Morgan fingerprint density at radius 1 is 0.328 bits per heavy atom. The highest BCUT2D eigenvalue weighted by atomic mass is 16.6. The molecule has 0 aliphatic heterocycles. The van der Waals surface area contributed by atoms with Crippen LogP contribution in [0.1, 0.15) is 213 Å². The molecule has 0 aliphatic rings. The second-order valence-corrected chi connectivity index (χ2v) is 17.0. The molecule has 1 atom stereocenters. The number of rotatable bonds is 46. The lowest BCUT2D eigenvalue weighted by atomic mass is 10.1. The fourth-order valence-electron chi connectivity index (χ4n) is 6.71. The van der Waals surface area contributed by atoms with E-state index in [0.29, 0.717) is 12.8 Å². The van der Waals surface area contributed by atoms with Gasteiger partial charge in [0.15, 0.2) is 6.10 Å². The Bertz CT molecular complexity index is 1480. The molecule has 0 heterocycles. The molecule has 0 radical (unpaired) electrons. The summed E-state index contributed by atoms with van der Waals surface area (Å²) in [6, 6.07) is 0. The number of hydrogen-bond acceptors (Lipinski definition) is 6. The fourth-order valence-corrected chi connectivity index (χ4v) is 6.71. The van der Waals surface area contributed by atoms with Gasteiger partial charge >= 0.3 is 17.9 Å². The van der Waals surface area contributed by atoms with Crippen LogP contribution in [-0.4, -0.2) is 37.2 Å². The topological polar surface area (TPSA) is 78.9 Å². The largest absolute Gasteiger partial charge is 0.462 e. The van der Waals surface area contributed by atoms with Gasteiger partial charge in [-0.3, -0.25) is 14.4 Å². The molecule has 0 aliphatic carbocycles. The molecule has 0 aromatic rings. The standard InChI is InChI=1S/C61H96O6/c1-4-7-10-13-16-19-22-25-27-29-31-33-34-36-39-42-45-48-51-54-60(63)66-57-58(56-65-59(62)53-50-47-44-41-38-24-21-18-15-12-9-6-3)67-61(64)55-52-49-46-43-40-37-35-32-30-28-26-23-20-17-14-11-8-5-2/h7,9-10,12,16,18-19,21,25,27-28,30-33,35-36,38-39,41,45,48,58H,4-6,8,11,13-15,17,20,22-24,26,29,34,37,40,42-44,46-47,49-57H2,1-3H3/b10-7-,12-9-,19-16-,21-18-,27-25-,30-28-,33-31-,35-32-,39-36-,41-38-,48-45-. The van der Waals surface area contributed by atoms with Crippen molar-refractivity contribution < 1.29 is 28.6 Å². The van der Waals surface area contributed by atoms with Crippen molar-refractivity contribution in [1.82, 2.24) is 0 Å². The normalized spacial score (nSPS) is 13.2. The first-order valence-corrected chi connectivity index (χ1v) is 26.7. The number of allylic oxidation sites excluding steroid dienone is 22. The van der Waals surface area contributed by atoms with Gasteiger partial charge in [0.2, 0.25) is 0 Å². The highest BCUT2D eigenvalue weighted by Crippen LogP contribution is 2.12. The molecule has 0 aromatic carbocycles. The molecule has 0 bridgehead atoms. The number of carbonyl (C=O) groups excluding carboxylic acids is 3. The van der Waals surface area contributed by atoms with Gasteiger partial charge in [0.05, 0.1) is 0 Å². The van der Waals surface area contributed by atoms with E-state index in [-0.39, 0.29) is 50.4 Å². The zero-order valence-electron chi connectivity index (χ0n) is 42.9. The predicted octanol–water partition coefficient (Wildman–Crippen LogP) is 17.9. The molecule has 0 spiro atoms. The maximum Gasteiger partial charge on any atom is 0.306 e. The Morgan fingerprint density at radius 2 is 0.657 bits per heavy atom. The SMILES string of the molecule is CC/C=C\C/C=C\C/C=C\C/C=C\C/C=C\C/C=C\CCC(=O)OCC(COC(=O)CCCC/C=C\C/C=C\C/C=C\CC)OC(=O)CCCCCCC/C=C\C=C/CCCCCCCCC. The number of carbonyl (C=O) groups is 3. The van der Waals surface area contributed by atoms with Gasteiger partial charge in [-0.15, -0.1) is 0 Å². The number of unbranched alkanes of at least 4 members (excludes halogenated alkanes) is 14. The molecule has 1 unspecified atom stereocenters. The van der Waals surface area contributed by atoms with E-state index in [4.69, 9.17) is 14.2 Å². The van der Waals surface area contributed by atoms with Crippen LogP contribution in [0.2, 0.25) is 0 Å². The molecule has 6 heteroatoms. The Kier molecular flexibility index (Phi) is 50.6. The first-order valence-electron chi connectivity index (χ1n) is 26.7. The quantitative estimate of drug-likeness (QED) is 0.0199. The smallest absolute Gasteiger partial charge is 0.306 e. The molecule has 0 rings (SSSR count). The summed E-state index contributed by atoms with van der Waals surface area (Å²) >= 11 is 0. The average molecular weight is 925 g/mol. The second kappa shape index (κ2) is 54.2. The number of hydrogen-bond donors (Lipinski definition) is 0. The summed E-state index contributed by atoms with van der Waals surface area (Å²) in [5.74, 6) is -1.08. The van der Waals surface area contributed by atoms with Crippen molar-refractivity contribution >= 4 is 17.9 Å². The monoisotopic (exact) mass is 925 g/mol. The highest BCUT2D eigenvalue weighted by molar-refractivity contribution is 5.71. The van der Waals surface area contributed by atoms with Gasteiger partial charge in [-0.05, 0) is 116 Å². The van der Waals surface area contributed by atoms with Gasteiger partial charge in [0.25, 0.3) is 0 Å². The summed E-state index contributed by atoms with van der Waals surface area (Å²) in [5.41, 5.74) is 0. The van der Waals surface area contributed by atoms with E-state index in [1.807, 2.05) is 12.2 Å². The van der Waals surface area contributed by atoms with Gasteiger partial charge < -0.3 is 14.2 Å². The first kappa shape index (κ1) is 62.5. The maximum atomic E-state index is 12.8. The zero-order valence-corrected chi connectivity index (χ0v) is 42.9. The molecular weight excluding hydrogens is 829 g/mol. The highest BCUT2D eigenvalue weighted by Gasteiger charge is 2.19. The minimum absolute atomic E-state index is 0.132. The van der Waals surface area contributed by atoms with Gasteiger partial charge in [-0.25, -0.2) is 0 Å². The van der Waals surface area contributed by atoms with Crippen LogP contribution in [0.5, 0.6) is 0 Å². The number of ether oxygens (including phenoxy) is 3. The Hall–Kier alpha value is -4.45. The third-order valence-electron chi connectivity index (χ3n) is 10.7. The van der Waals surface area contributed by atoms with E-state index in [9.17, 15) is 14.4 Å². The summed E-state index contributed by atoms with van der Waals surface area (Å²) in [5, 5.41) is 0. The molecule has 6 nitrogen and oxygen atoms in total. The molecule has 0 amide bonds. The Morgan fingerprint density at radius 3 is 1.12 bits per heavy atom. The maximum absolute atomic E-state index is 12.8. The van der Waals surface area contributed by atoms with Gasteiger partial charge in [0, 0.05) is 19.3 Å². The molecule has 67 heavy (non-hydrogen) atoms. The molecule has 0 saturated carbocycles. The van der Waals surface area contributed by atoms with Gasteiger partial charge in [-0.2, -0.15) is 0 Å². The van der Waals surface area contributed by atoms with E-state index >= 15 is 0 Å². The van der Waals surface area contributed by atoms with Crippen LogP contribution in [0.15, 0.2) is 134 Å². The number of esters is 3. The minimum atomic E-state index is -0.837. The van der Waals surface area contributed by atoms with Gasteiger partial charge in [-0.1, -0.05) is 212 Å². The van der Waals surface area contributed by atoms with Crippen LogP contribution in [-0.2, 0) is 28.6 Å². The van der Waals surface area contributed by atoms with Crippen molar-refractivity contribution in [3.05, 3.63) is 134 Å². The Balaban J connectivity index is 4.58. The summed E-state index contributed by atoms with van der Waals surface area (Å²) in [7, 11) is 0. The van der Waals surface area contributed by atoms with E-state index in [1.165, 1.54) is 51.4 Å². The second-order valence-electron chi connectivity index (χ2n) is 17.0. The van der Waals surface area contributed by atoms with E-state index in [0.717, 1.165) is 109 Å². The summed E-state index contributed by atoms with van der Waals surface area (Å²) < 4.78 is 16.7. The van der Waals surface area contributed by atoms with Crippen molar-refractivity contribution in [2.75, 3.05) is 13.2 Å². The summed E-state index contributed by atoms with van der Waals surface area (Å²) in [6.07, 6.45) is 76.0. The molecule has 0 saturated heterocycles. The van der Waals surface area contributed by atoms with Crippen molar-refractivity contribution in [2.45, 2.75) is 219 Å². The third-order valence-corrected chi connectivity index (χ3v) is 10.7. The fraction of sp³-hybridized carbons (Fsp3) is 0.590. The lowest BCUT2D eigenvalue weighted by molar-refractivity contribution is -0.166. The molecule has 0 N–H and O–H groups in total. The average Bonchev–Trinajstić information content (AvgIpc) is 3.33. The molecule has 0 fully saturated rings. The van der Waals surface area contributed by atoms with Crippen LogP contribution >= 0.6 is 0 Å². The van der Waals surface area contributed by atoms with Crippen LogP contribution in [0.25, 0.3) is 0 Å². The zero-order chi connectivity index (χ0) is 48.6. The summed E-state index contributed by atoms with van der Waals surface area (Å²) in [4.78, 5) is 38.0. The lowest BCUT2D eigenvalue weighted by Crippen LogP contribution is -2.30. The van der Waals surface area contributed by atoms with Crippen LogP contribution < -0.4 is 0 Å². The van der Waals surface area contributed by atoms with Crippen molar-refractivity contribution in [2.24, 2.45) is 0 Å². The summed E-state index contributed by atoms with van der Waals surface area (Å²) in [6.45, 7) is 6.27. The van der Waals surface area contributed by atoms with Crippen LogP contribution in [0.3, 0.4) is 0 Å². The Labute approximate surface area is 411 Å². The van der Waals surface area contributed by atoms with Gasteiger partial charge in [0.1, 0.15) is 13.2 Å². The van der Waals surface area contributed by atoms with Crippen molar-refractivity contribution in [3.63, 3.8) is 0 Å². The minimum Gasteiger partial charge on any atom is -0.462 e. The van der Waals surface area contributed by atoms with Crippen molar-refractivity contribution in [1.29, 1.82) is 0 Å². The predicted molar refractivity (Wildman–Crippen MR) is 288 cm³/mol. The molecular formula is C61H96O6. The van der Waals surface area contributed by atoms with E-state index in [2.05, 4.69) is 142 Å². The molecule has 376 valence electrons. The van der Waals surface area contributed by atoms with E-state index < -0.39 is 6.10 Å². The third kappa shape index (κ3) is 52.4.